The number of aliphatic hydroxyl groups excluding tert-OH is 2. The molecule has 0 aromatic carbocycles. The van der Waals surface area contributed by atoms with Crippen LogP contribution in [0.15, 0.2) is 0 Å². The maximum absolute atomic E-state index is 9.40. The standard InChI is InChI=1S/C4H6O2.C2H6O2/c5-3-1-2-4-6;3-1-2-4/h3-4H,1-2H2;3-4H,1-2H2. The lowest BCUT2D eigenvalue weighted by atomic mass is 10.4. The van der Waals surface area contributed by atoms with Crippen molar-refractivity contribution in [1.29, 1.82) is 0 Å². The Labute approximate surface area is 59.5 Å². The molecule has 0 fully saturated rings. The lowest BCUT2D eigenvalue weighted by Crippen LogP contribution is -1.85. The topological polar surface area (TPSA) is 74.6 Å². The van der Waals surface area contributed by atoms with Crippen molar-refractivity contribution in [3.8, 4) is 0 Å². The summed E-state index contributed by atoms with van der Waals surface area (Å²) < 4.78 is 0. The van der Waals surface area contributed by atoms with E-state index in [1.54, 1.807) is 0 Å². The molecule has 0 amide bonds. The normalized spacial score (nSPS) is 7.40. The van der Waals surface area contributed by atoms with E-state index in [0.717, 1.165) is 12.6 Å². The molecule has 0 aliphatic heterocycles. The van der Waals surface area contributed by atoms with Gasteiger partial charge in [-0.2, -0.15) is 0 Å². The van der Waals surface area contributed by atoms with Crippen molar-refractivity contribution in [2.45, 2.75) is 12.8 Å². The van der Waals surface area contributed by atoms with Crippen molar-refractivity contribution in [2.24, 2.45) is 0 Å². The van der Waals surface area contributed by atoms with E-state index >= 15 is 0 Å². The first-order valence-electron chi connectivity index (χ1n) is 2.92. The highest BCUT2D eigenvalue weighted by Gasteiger charge is 1.74. The summed E-state index contributed by atoms with van der Waals surface area (Å²) in [6, 6.07) is 0. The lowest BCUT2D eigenvalue weighted by molar-refractivity contribution is -0.112. The molecule has 0 saturated carbocycles. The molecule has 0 saturated heterocycles. The zero-order valence-corrected chi connectivity index (χ0v) is 5.69. The maximum atomic E-state index is 9.40. The third-order valence-electron chi connectivity index (χ3n) is 0.502. The molecule has 0 rings (SSSR count). The fourth-order valence-electron chi connectivity index (χ4n) is 0.136. The smallest absolute Gasteiger partial charge is 0.120 e. The number of hydrogen-bond donors (Lipinski definition) is 2. The number of hydrogen-bond acceptors (Lipinski definition) is 4. The quantitative estimate of drug-likeness (QED) is 0.401. The van der Waals surface area contributed by atoms with Crippen molar-refractivity contribution in [2.75, 3.05) is 13.2 Å². The van der Waals surface area contributed by atoms with Crippen molar-refractivity contribution < 1.29 is 19.8 Å². The van der Waals surface area contributed by atoms with E-state index in [1.807, 2.05) is 0 Å². The number of rotatable bonds is 4. The van der Waals surface area contributed by atoms with Gasteiger partial charge in [-0.3, -0.25) is 0 Å². The van der Waals surface area contributed by atoms with E-state index in [4.69, 9.17) is 10.2 Å². The monoisotopic (exact) mass is 148 g/mol. The van der Waals surface area contributed by atoms with Crippen LogP contribution in [0.1, 0.15) is 12.8 Å². The molecule has 60 valence electrons. The minimum Gasteiger partial charge on any atom is -0.394 e. The molecule has 0 spiro atoms. The molecule has 4 nitrogen and oxygen atoms in total. The van der Waals surface area contributed by atoms with E-state index in [0.29, 0.717) is 12.8 Å². The second kappa shape index (κ2) is 15.7. The highest BCUT2D eigenvalue weighted by Crippen LogP contribution is 1.72. The van der Waals surface area contributed by atoms with Gasteiger partial charge in [-0.15, -0.1) is 0 Å². The summed E-state index contributed by atoms with van der Waals surface area (Å²) in [7, 11) is 0. The highest BCUT2D eigenvalue weighted by atomic mass is 16.3. The van der Waals surface area contributed by atoms with Crippen LogP contribution in [0, 0.1) is 0 Å². The predicted octanol–water partition coefficient (Wildman–Crippen LogP) is -0.865. The van der Waals surface area contributed by atoms with Crippen LogP contribution in [0.5, 0.6) is 0 Å². The minimum absolute atomic E-state index is 0.125. The fourth-order valence-corrected chi connectivity index (χ4v) is 0.136. The molecule has 0 aromatic heterocycles. The molecule has 0 aliphatic carbocycles. The molecule has 0 aromatic rings. The lowest BCUT2D eigenvalue weighted by Gasteiger charge is -1.70. The van der Waals surface area contributed by atoms with Gasteiger partial charge in [-0.25, -0.2) is 0 Å². The first-order chi connectivity index (χ1) is 4.83. The zero-order valence-electron chi connectivity index (χ0n) is 5.69. The summed E-state index contributed by atoms with van der Waals surface area (Å²) in [6.07, 6.45) is 2.19. The van der Waals surface area contributed by atoms with Crippen LogP contribution < -0.4 is 0 Å². The molecule has 4 heteroatoms. The van der Waals surface area contributed by atoms with E-state index in [9.17, 15) is 9.59 Å². The summed E-state index contributed by atoms with van der Waals surface area (Å²) in [5.41, 5.74) is 0. The second-order valence-electron chi connectivity index (χ2n) is 1.36. The van der Waals surface area contributed by atoms with Gasteiger partial charge in [0.25, 0.3) is 0 Å². The SMILES string of the molecule is O=CCCC=O.OCCO. The summed E-state index contributed by atoms with van der Waals surface area (Å²) >= 11 is 0. The number of unbranched alkanes of at least 4 members (excludes halogenated alkanes) is 1. The molecule has 0 bridgehead atoms. The van der Waals surface area contributed by atoms with Gasteiger partial charge in [0.1, 0.15) is 12.6 Å². The third kappa shape index (κ3) is 26.8. The van der Waals surface area contributed by atoms with E-state index < -0.39 is 0 Å². The molecular formula is C6H12O4. The summed E-state index contributed by atoms with van der Waals surface area (Å²) in [4.78, 5) is 18.8. The molecule has 2 N–H and O–H groups in total. The molecule has 10 heavy (non-hydrogen) atoms. The van der Waals surface area contributed by atoms with Crippen molar-refractivity contribution in [3.63, 3.8) is 0 Å². The average Bonchev–Trinajstić information content (AvgIpc) is 2.01. The Bertz CT molecular complexity index is 62.1. The summed E-state index contributed by atoms with van der Waals surface area (Å²) in [5.74, 6) is 0. The van der Waals surface area contributed by atoms with Crippen molar-refractivity contribution >= 4 is 12.6 Å². The molecule has 0 atom stereocenters. The molecular weight excluding hydrogens is 136 g/mol. The van der Waals surface area contributed by atoms with Crippen LogP contribution in [0.25, 0.3) is 0 Å². The van der Waals surface area contributed by atoms with Gasteiger partial charge in [-0.05, 0) is 0 Å². The number of carbonyl (C=O) groups excluding carboxylic acids is 2. The molecule has 0 radical (unpaired) electrons. The van der Waals surface area contributed by atoms with Crippen LogP contribution in [0.2, 0.25) is 0 Å². The molecule has 0 unspecified atom stereocenters. The number of aliphatic hydroxyl groups is 2. The maximum Gasteiger partial charge on any atom is 0.120 e. The third-order valence-corrected chi connectivity index (χ3v) is 0.502. The molecule has 0 aliphatic rings. The first-order valence-corrected chi connectivity index (χ1v) is 2.92. The zero-order chi connectivity index (χ0) is 8.24. The number of carbonyl (C=O) groups is 2. The van der Waals surface area contributed by atoms with E-state index in [-0.39, 0.29) is 13.2 Å². The Hall–Kier alpha value is -0.740. The molecule has 0 heterocycles. The Balaban J connectivity index is 0. The Morgan fingerprint density at radius 3 is 1.30 bits per heavy atom. The van der Waals surface area contributed by atoms with Gasteiger partial charge in [0.15, 0.2) is 0 Å². The minimum atomic E-state index is -0.125. The van der Waals surface area contributed by atoms with Gasteiger partial charge in [0.05, 0.1) is 13.2 Å². The average molecular weight is 148 g/mol. The first kappa shape index (κ1) is 12.0. The number of aldehydes is 2. The second-order valence-corrected chi connectivity index (χ2v) is 1.36. The van der Waals surface area contributed by atoms with Crippen molar-refractivity contribution in [1.82, 2.24) is 0 Å². The summed E-state index contributed by atoms with van der Waals surface area (Å²) in [6.45, 7) is -0.250. The summed E-state index contributed by atoms with van der Waals surface area (Å²) in [5, 5.41) is 15.2. The van der Waals surface area contributed by atoms with Crippen LogP contribution in [-0.4, -0.2) is 36.0 Å². The van der Waals surface area contributed by atoms with Crippen LogP contribution in [0.4, 0.5) is 0 Å². The Morgan fingerprint density at radius 1 is 0.900 bits per heavy atom. The van der Waals surface area contributed by atoms with Gasteiger partial charge in [-0.1, -0.05) is 0 Å². The van der Waals surface area contributed by atoms with Crippen LogP contribution >= 0.6 is 0 Å². The van der Waals surface area contributed by atoms with Crippen LogP contribution in [0.3, 0.4) is 0 Å². The van der Waals surface area contributed by atoms with E-state index in [2.05, 4.69) is 0 Å². The fraction of sp³-hybridized carbons (Fsp3) is 0.667. The highest BCUT2D eigenvalue weighted by molar-refractivity contribution is 5.58. The van der Waals surface area contributed by atoms with E-state index in [1.165, 1.54) is 0 Å². The van der Waals surface area contributed by atoms with Crippen LogP contribution in [-0.2, 0) is 9.59 Å². The van der Waals surface area contributed by atoms with Crippen molar-refractivity contribution in [3.05, 3.63) is 0 Å². The van der Waals surface area contributed by atoms with Gasteiger partial charge >= 0.3 is 0 Å². The Kier molecular flexibility index (Phi) is 18.9. The predicted molar refractivity (Wildman–Crippen MR) is 35.5 cm³/mol. The largest absolute Gasteiger partial charge is 0.394 e. The Morgan fingerprint density at radius 2 is 1.20 bits per heavy atom. The van der Waals surface area contributed by atoms with Gasteiger partial charge in [0, 0.05) is 12.8 Å². The van der Waals surface area contributed by atoms with Gasteiger partial charge in [0.2, 0.25) is 0 Å². The van der Waals surface area contributed by atoms with Gasteiger partial charge < -0.3 is 19.8 Å².